The Kier molecular flexibility index (Phi) is 5.14. The van der Waals surface area contributed by atoms with Gasteiger partial charge in [0.1, 0.15) is 5.82 Å². The monoisotopic (exact) mass is 370 g/mol. The molecule has 0 aliphatic carbocycles. The number of primary amides is 1. The van der Waals surface area contributed by atoms with Gasteiger partial charge in [0.2, 0.25) is 0 Å². The summed E-state index contributed by atoms with van der Waals surface area (Å²) in [5, 5.41) is 0.658. The molecule has 0 unspecified atom stereocenters. The van der Waals surface area contributed by atoms with Gasteiger partial charge in [0.05, 0.1) is 5.56 Å². The van der Waals surface area contributed by atoms with Crippen LogP contribution in [0.3, 0.4) is 0 Å². The summed E-state index contributed by atoms with van der Waals surface area (Å²) in [6.07, 6.45) is 0.681. The van der Waals surface area contributed by atoms with Gasteiger partial charge in [0, 0.05) is 28.5 Å². The van der Waals surface area contributed by atoms with Crippen LogP contribution in [0, 0.1) is 12.7 Å². The summed E-state index contributed by atoms with van der Waals surface area (Å²) in [5.74, 6) is -0.860. The summed E-state index contributed by atoms with van der Waals surface area (Å²) in [5.41, 5.74) is 10.2. The van der Waals surface area contributed by atoms with E-state index in [1.54, 1.807) is 12.1 Å². The van der Waals surface area contributed by atoms with Gasteiger partial charge in [-0.05, 0) is 48.7 Å². The van der Waals surface area contributed by atoms with Crippen molar-refractivity contribution in [3.63, 3.8) is 0 Å². The molecule has 0 radical (unpaired) electrons. The number of benzene rings is 2. The van der Waals surface area contributed by atoms with Crippen molar-refractivity contribution in [2.24, 2.45) is 5.73 Å². The number of halogens is 2. The minimum atomic E-state index is -0.513. The molecule has 0 aliphatic heterocycles. The van der Waals surface area contributed by atoms with E-state index in [4.69, 9.17) is 17.3 Å². The molecule has 0 aliphatic rings. The van der Waals surface area contributed by atoms with Crippen LogP contribution in [0.4, 0.5) is 4.39 Å². The molecular weight excluding hydrogens is 351 g/mol. The van der Waals surface area contributed by atoms with Gasteiger partial charge in [-0.1, -0.05) is 42.8 Å². The SMILES string of the molecule is CCc1c(-c2cccc(F)c2)c(C(N)=O)c(C)n1Cc1cccc(Cl)c1. The van der Waals surface area contributed by atoms with E-state index in [2.05, 4.69) is 4.57 Å². The zero-order chi connectivity index (χ0) is 18.8. The number of carbonyl (C=O) groups is 1. The number of nitrogens with zero attached hydrogens (tertiary/aromatic N) is 1. The number of carbonyl (C=O) groups excluding carboxylic acids is 1. The largest absolute Gasteiger partial charge is 0.366 e. The number of rotatable bonds is 5. The molecule has 0 fully saturated rings. The second-order valence-corrected chi connectivity index (χ2v) is 6.66. The molecule has 0 bridgehead atoms. The van der Waals surface area contributed by atoms with Crippen LogP contribution < -0.4 is 5.73 Å². The lowest BCUT2D eigenvalue weighted by Gasteiger charge is -2.12. The van der Waals surface area contributed by atoms with E-state index in [-0.39, 0.29) is 5.82 Å². The van der Waals surface area contributed by atoms with E-state index in [1.807, 2.05) is 38.1 Å². The Hall–Kier alpha value is -2.59. The molecule has 1 heterocycles. The Labute approximate surface area is 157 Å². The molecule has 3 rings (SSSR count). The maximum atomic E-state index is 13.8. The van der Waals surface area contributed by atoms with Crippen LogP contribution in [-0.2, 0) is 13.0 Å². The molecule has 0 spiro atoms. The number of hydrogen-bond donors (Lipinski definition) is 1. The topological polar surface area (TPSA) is 48.0 Å². The molecule has 26 heavy (non-hydrogen) atoms. The quantitative estimate of drug-likeness (QED) is 0.677. The Morgan fingerprint density at radius 1 is 1.19 bits per heavy atom. The predicted octanol–water partition coefficient (Wildman–Crippen LogP) is 4.97. The van der Waals surface area contributed by atoms with Crippen molar-refractivity contribution in [3.8, 4) is 11.1 Å². The van der Waals surface area contributed by atoms with Gasteiger partial charge in [-0.25, -0.2) is 4.39 Å². The van der Waals surface area contributed by atoms with Crippen molar-refractivity contribution in [1.82, 2.24) is 4.57 Å². The molecule has 0 atom stereocenters. The summed E-state index contributed by atoms with van der Waals surface area (Å²) in [7, 11) is 0. The van der Waals surface area contributed by atoms with Crippen LogP contribution in [0.25, 0.3) is 11.1 Å². The van der Waals surface area contributed by atoms with Gasteiger partial charge in [-0.3, -0.25) is 4.79 Å². The fraction of sp³-hybridized carbons (Fsp3) is 0.190. The predicted molar refractivity (Wildman–Crippen MR) is 103 cm³/mol. The molecule has 1 aromatic heterocycles. The van der Waals surface area contributed by atoms with Crippen LogP contribution >= 0.6 is 11.6 Å². The maximum absolute atomic E-state index is 13.8. The molecule has 0 saturated heterocycles. The van der Waals surface area contributed by atoms with Gasteiger partial charge in [-0.2, -0.15) is 0 Å². The minimum Gasteiger partial charge on any atom is -0.366 e. The third-order valence-electron chi connectivity index (χ3n) is 4.56. The number of nitrogens with two attached hydrogens (primary N) is 1. The maximum Gasteiger partial charge on any atom is 0.251 e. The molecular formula is C21H20ClFN2O. The minimum absolute atomic E-state index is 0.347. The highest BCUT2D eigenvalue weighted by Crippen LogP contribution is 2.34. The smallest absolute Gasteiger partial charge is 0.251 e. The average molecular weight is 371 g/mol. The lowest BCUT2D eigenvalue weighted by atomic mass is 9.98. The lowest BCUT2D eigenvalue weighted by molar-refractivity contribution is 0.1000. The van der Waals surface area contributed by atoms with E-state index >= 15 is 0 Å². The first-order valence-corrected chi connectivity index (χ1v) is 8.82. The van der Waals surface area contributed by atoms with Crippen molar-refractivity contribution in [2.45, 2.75) is 26.8 Å². The first-order chi connectivity index (χ1) is 12.4. The standard InChI is InChI=1S/C21H20ClFN2O/c1-3-18-20(15-7-5-9-17(23)11-15)19(21(24)26)13(2)25(18)12-14-6-4-8-16(22)10-14/h4-11H,3,12H2,1-2H3,(H2,24,26). The Morgan fingerprint density at radius 3 is 2.54 bits per heavy atom. The molecule has 134 valence electrons. The van der Waals surface area contributed by atoms with E-state index in [0.29, 0.717) is 34.7 Å². The highest BCUT2D eigenvalue weighted by Gasteiger charge is 2.24. The molecule has 0 saturated carbocycles. The van der Waals surface area contributed by atoms with Crippen molar-refractivity contribution < 1.29 is 9.18 Å². The number of amides is 1. The Balaban J connectivity index is 2.23. The molecule has 3 aromatic rings. The van der Waals surface area contributed by atoms with Gasteiger partial charge in [0.25, 0.3) is 5.91 Å². The van der Waals surface area contributed by atoms with Crippen LogP contribution in [0.2, 0.25) is 5.02 Å². The van der Waals surface area contributed by atoms with E-state index in [1.165, 1.54) is 12.1 Å². The molecule has 2 aromatic carbocycles. The molecule has 1 amide bonds. The summed E-state index contributed by atoms with van der Waals surface area (Å²) >= 11 is 6.10. The molecule has 5 heteroatoms. The average Bonchev–Trinajstić information content (AvgIpc) is 2.87. The third-order valence-corrected chi connectivity index (χ3v) is 4.79. The summed E-state index contributed by atoms with van der Waals surface area (Å²) in [4.78, 5) is 12.2. The van der Waals surface area contributed by atoms with Crippen molar-refractivity contribution in [1.29, 1.82) is 0 Å². The summed E-state index contributed by atoms with van der Waals surface area (Å²) < 4.78 is 15.8. The van der Waals surface area contributed by atoms with E-state index in [9.17, 15) is 9.18 Å². The van der Waals surface area contributed by atoms with E-state index < -0.39 is 5.91 Å². The molecule has 2 N–H and O–H groups in total. The lowest BCUT2D eigenvalue weighted by Crippen LogP contribution is -2.13. The number of aromatic nitrogens is 1. The highest BCUT2D eigenvalue weighted by atomic mass is 35.5. The highest BCUT2D eigenvalue weighted by molar-refractivity contribution is 6.30. The third kappa shape index (κ3) is 3.37. The van der Waals surface area contributed by atoms with Crippen LogP contribution in [-0.4, -0.2) is 10.5 Å². The summed E-state index contributed by atoms with van der Waals surface area (Å²) in [6, 6.07) is 13.8. The van der Waals surface area contributed by atoms with Crippen molar-refractivity contribution in [3.05, 3.63) is 81.9 Å². The second kappa shape index (κ2) is 7.34. The van der Waals surface area contributed by atoms with Gasteiger partial charge < -0.3 is 10.3 Å². The van der Waals surface area contributed by atoms with Crippen LogP contribution in [0.5, 0.6) is 0 Å². The number of hydrogen-bond acceptors (Lipinski definition) is 1. The normalized spacial score (nSPS) is 10.9. The van der Waals surface area contributed by atoms with Gasteiger partial charge in [0.15, 0.2) is 0 Å². The van der Waals surface area contributed by atoms with Crippen molar-refractivity contribution in [2.75, 3.05) is 0 Å². The van der Waals surface area contributed by atoms with Crippen LogP contribution in [0.15, 0.2) is 48.5 Å². The fourth-order valence-corrected chi connectivity index (χ4v) is 3.67. The Bertz CT molecular complexity index is 978. The summed E-state index contributed by atoms with van der Waals surface area (Å²) in [6.45, 7) is 4.44. The molecule has 3 nitrogen and oxygen atoms in total. The zero-order valence-corrected chi connectivity index (χ0v) is 15.5. The fourth-order valence-electron chi connectivity index (χ4n) is 3.45. The van der Waals surface area contributed by atoms with Crippen LogP contribution in [0.1, 0.15) is 34.2 Å². The van der Waals surface area contributed by atoms with Crippen molar-refractivity contribution >= 4 is 17.5 Å². The van der Waals surface area contributed by atoms with E-state index in [0.717, 1.165) is 17.0 Å². The second-order valence-electron chi connectivity index (χ2n) is 6.23. The zero-order valence-electron chi connectivity index (χ0n) is 14.7. The first-order valence-electron chi connectivity index (χ1n) is 8.44. The first kappa shape index (κ1) is 18.2. The van der Waals surface area contributed by atoms with Gasteiger partial charge >= 0.3 is 0 Å². The van der Waals surface area contributed by atoms with Gasteiger partial charge in [-0.15, -0.1) is 0 Å². The Morgan fingerprint density at radius 2 is 1.92 bits per heavy atom.